The molecule has 0 bridgehead atoms. The second kappa shape index (κ2) is 12.3. The normalized spacial score (nSPS) is 28.3. The molecular formula is C26H34ClINO5-. The van der Waals surface area contributed by atoms with Gasteiger partial charge in [0.05, 0.1) is 0 Å². The molecule has 2 aliphatic rings. The summed E-state index contributed by atoms with van der Waals surface area (Å²) in [6.07, 6.45) is 1.40. The number of nitrogens with zero attached hydrogens (tertiary/aromatic N) is 1. The molecule has 0 amide bonds. The van der Waals surface area contributed by atoms with Crippen molar-refractivity contribution in [3.05, 3.63) is 64.2 Å². The molecule has 0 aliphatic carbocycles. The predicted molar refractivity (Wildman–Crippen MR) is 128 cm³/mol. The Kier molecular flexibility index (Phi) is 9.49. The summed E-state index contributed by atoms with van der Waals surface area (Å²) in [5.41, 5.74) is 3.15. The number of benzene rings is 2. The summed E-state index contributed by atoms with van der Waals surface area (Å²) in [5, 5.41) is 31.5. The fraction of sp³-hybridized carbons (Fsp3) is 0.538. The van der Waals surface area contributed by atoms with Crippen LogP contribution in [0.5, 0.6) is 5.75 Å². The number of likely N-dealkylation sites (tertiary alicyclic amines) is 1. The van der Waals surface area contributed by atoms with Gasteiger partial charge >= 0.3 is 218 Å². The molecule has 1 unspecified atom stereocenters. The van der Waals surface area contributed by atoms with Crippen LogP contribution in [0.1, 0.15) is 40.6 Å². The summed E-state index contributed by atoms with van der Waals surface area (Å²) in [7, 11) is 0. The summed E-state index contributed by atoms with van der Waals surface area (Å²) in [6.45, 7) is 5.07. The Morgan fingerprint density at radius 3 is 2.71 bits per heavy atom. The van der Waals surface area contributed by atoms with E-state index in [4.69, 9.17) is 21.1 Å². The van der Waals surface area contributed by atoms with Crippen molar-refractivity contribution in [2.75, 3.05) is 32.8 Å². The monoisotopic (exact) mass is 602 g/mol. The first-order valence-corrected chi connectivity index (χ1v) is 14.8. The van der Waals surface area contributed by atoms with Gasteiger partial charge in [0.1, 0.15) is 0 Å². The van der Waals surface area contributed by atoms with Gasteiger partial charge in [0.15, 0.2) is 0 Å². The number of aliphatic hydroxyl groups is 3. The van der Waals surface area contributed by atoms with Gasteiger partial charge in [-0.15, -0.1) is 0 Å². The number of alkyl halides is 2. The Balaban J connectivity index is 1.46. The van der Waals surface area contributed by atoms with Gasteiger partial charge in [0.2, 0.25) is 0 Å². The number of rotatable bonds is 8. The molecule has 5 atom stereocenters. The number of halogens is 2. The minimum atomic E-state index is -0.880. The van der Waals surface area contributed by atoms with Gasteiger partial charge in [-0.25, -0.2) is 0 Å². The van der Waals surface area contributed by atoms with Crippen molar-refractivity contribution in [1.82, 2.24) is 4.90 Å². The molecule has 0 aromatic heterocycles. The number of aliphatic hydroxyl groups excluding tert-OH is 3. The summed E-state index contributed by atoms with van der Waals surface area (Å²) < 4.78 is 11.0. The fourth-order valence-electron chi connectivity index (χ4n) is 4.62. The maximum atomic E-state index is 10.7. The van der Waals surface area contributed by atoms with Crippen molar-refractivity contribution < 1.29 is 46.0 Å². The molecule has 2 aromatic carbocycles. The van der Waals surface area contributed by atoms with E-state index >= 15 is 0 Å². The van der Waals surface area contributed by atoms with Crippen molar-refractivity contribution in [1.29, 1.82) is 0 Å². The van der Waals surface area contributed by atoms with Crippen LogP contribution in [0, 0.1) is 5.92 Å². The van der Waals surface area contributed by atoms with E-state index in [1.807, 2.05) is 43.3 Å². The molecular weight excluding hydrogens is 569 g/mol. The van der Waals surface area contributed by atoms with Crippen LogP contribution in [0.3, 0.4) is 0 Å². The summed E-state index contributed by atoms with van der Waals surface area (Å²) in [6, 6.07) is 14.0. The van der Waals surface area contributed by atoms with Gasteiger partial charge in [-0.2, -0.15) is 0 Å². The van der Waals surface area contributed by atoms with Gasteiger partial charge in [-0.3, -0.25) is 0 Å². The third-order valence-electron chi connectivity index (χ3n) is 6.46. The Bertz CT molecular complexity index is 930. The van der Waals surface area contributed by atoms with Gasteiger partial charge in [-0.05, 0) is 0 Å². The van der Waals surface area contributed by atoms with Crippen LogP contribution in [-0.4, -0.2) is 69.4 Å². The Labute approximate surface area is 217 Å². The molecule has 2 heterocycles. The van der Waals surface area contributed by atoms with E-state index in [9.17, 15) is 15.3 Å². The van der Waals surface area contributed by atoms with Crippen LogP contribution >= 0.6 is 11.6 Å². The Hall–Kier alpha value is -0.940. The van der Waals surface area contributed by atoms with Crippen LogP contribution in [0.15, 0.2) is 42.5 Å². The molecule has 0 radical (unpaired) electrons. The molecule has 3 N–H and O–H groups in total. The molecule has 8 heteroatoms. The average Bonchev–Trinajstić information content (AvgIpc) is 2.84. The van der Waals surface area contributed by atoms with E-state index in [0.717, 1.165) is 48.4 Å². The topological polar surface area (TPSA) is 82.4 Å². The summed E-state index contributed by atoms with van der Waals surface area (Å²) >= 11 is 5.71. The van der Waals surface area contributed by atoms with Gasteiger partial charge < -0.3 is 0 Å². The average molecular weight is 603 g/mol. The molecule has 0 spiro atoms. The predicted octanol–water partition coefficient (Wildman–Crippen LogP) is 0.200. The van der Waals surface area contributed by atoms with E-state index in [1.165, 1.54) is 0 Å². The number of piperidine rings is 1. The van der Waals surface area contributed by atoms with Crippen molar-refractivity contribution in [2.24, 2.45) is 5.92 Å². The first-order chi connectivity index (χ1) is 16.5. The van der Waals surface area contributed by atoms with Crippen LogP contribution in [0.4, 0.5) is 0 Å². The van der Waals surface area contributed by atoms with E-state index in [2.05, 4.69) is 11.0 Å². The number of ether oxygens (including phenoxy) is 2. The van der Waals surface area contributed by atoms with E-state index < -0.39 is 37.5 Å². The molecule has 2 aliphatic heterocycles. The Morgan fingerprint density at radius 1 is 1.18 bits per heavy atom. The van der Waals surface area contributed by atoms with E-state index in [-0.39, 0.29) is 16.6 Å². The molecule has 2 saturated heterocycles. The number of hydrogen-bond donors (Lipinski definition) is 3. The van der Waals surface area contributed by atoms with Crippen molar-refractivity contribution in [3.8, 4) is 5.75 Å². The minimum absolute atomic E-state index is 0.184. The molecule has 2 aromatic rings. The van der Waals surface area contributed by atoms with Crippen molar-refractivity contribution in [3.63, 3.8) is 0 Å². The second-order valence-electron chi connectivity index (χ2n) is 9.03. The summed E-state index contributed by atoms with van der Waals surface area (Å²) in [5.74, 6) is 1.12. The third-order valence-corrected chi connectivity index (χ3v) is 9.97. The van der Waals surface area contributed by atoms with Gasteiger partial charge in [0, 0.05) is 0 Å². The van der Waals surface area contributed by atoms with Gasteiger partial charge in [-0.1, -0.05) is 0 Å². The zero-order valence-electron chi connectivity index (χ0n) is 19.4. The molecule has 0 saturated carbocycles. The SMILES string of the molecule is CCOc1ccc(Cc2cc([C@@H]3O[C@H](CN4CCCC(CO)C4)[C@@H](O)[C@H](O)[I-]3)ccc2Cl)cc1. The standard InChI is InChI=1S/C26H34ClINO5/c1-2-33-21-8-5-17(6-9-21)12-20-13-19(7-10-22(20)27)26-28-25(32)24(31)23(34-26)15-29-11-3-4-18(14-29)16-30/h5-10,13,18,23-26,30-32H,2-4,11-12,14-16H2,1H3/q-1/t18?,23-,24-,25+,26+/m1/s1. The van der Waals surface area contributed by atoms with Crippen molar-refractivity contribution in [2.45, 2.75) is 46.6 Å². The second-order valence-corrected chi connectivity index (χ2v) is 12.6. The molecule has 34 heavy (non-hydrogen) atoms. The van der Waals surface area contributed by atoms with E-state index in [0.29, 0.717) is 24.6 Å². The fourth-order valence-corrected chi connectivity index (χ4v) is 7.71. The molecule has 6 nitrogen and oxygen atoms in total. The molecule has 4 rings (SSSR count). The quantitative estimate of drug-likeness (QED) is 0.296. The maximum absolute atomic E-state index is 10.7. The molecule has 188 valence electrons. The van der Waals surface area contributed by atoms with Crippen LogP contribution < -0.4 is 25.9 Å². The molecule has 2 fully saturated rings. The summed E-state index contributed by atoms with van der Waals surface area (Å²) in [4.78, 5) is 2.24. The van der Waals surface area contributed by atoms with Crippen molar-refractivity contribution >= 4 is 11.6 Å². The van der Waals surface area contributed by atoms with E-state index in [1.54, 1.807) is 0 Å². The van der Waals surface area contributed by atoms with Crippen LogP contribution in [-0.2, 0) is 11.2 Å². The van der Waals surface area contributed by atoms with Gasteiger partial charge in [0.25, 0.3) is 0 Å². The first-order valence-electron chi connectivity index (χ1n) is 11.9. The third kappa shape index (κ3) is 6.63. The Morgan fingerprint density at radius 2 is 1.97 bits per heavy atom. The zero-order valence-corrected chi connectivity index (χ0v) is 22.4. The number of hydrogen-bond acceptors (Lipinski definition) is 6. The van der Waals surface area contributed by atoms with Crippen LogP contribution in [0.2, 0.25) is 5.02 Å². The zero-order chi connectivity index (χ0) is 24.1. The first kappa shape index (κ1) is 26.1. The van der Waals surface area contributed by atoms with Crippen LogP contribution in [0.25, 0.3) is 0 Å².